The third kappa shape index (κ3) is 6.23. The van der Waals surface area contributed by atoms with Crippen LogP contribution >= 0.6 is 23.2 Å². The lowest BCUT2D eigenvalue weighted by molar-refractivity contribution is -0.122. The van der Waals surface area contributed by atoms with Crippen molar-refractivity contribution in [1.29, 1.82) is 0 Å². The number of Topliss-reactive ketones (excluding diaryl/α,β-unsaturated/α-hetero) is 1. The van der Waals surface area contributed by atoms with Crippen LogP contribution in [0.15, 0.2) is 24.0 Å². The number of ketones is 1. The van der Waals surface area contributed by atoms with Crippen LogP contribution in [0.1, 0.15) is 71.8 Å². The van der Waals surface area contributed by atoms with Crippen molar-refractivity contribution in [2.24, 2.45) is 11.3 Å². The molecule has 160 valence electrons. The predicted molar refractivity (Wildman–Crippen MR) is 117 cm³/mol. The van der Waals surface area contributed by atoms with E-state index in [0.717, 1.165) is 25.7 Å². The Morgan fingerprint density at radius 3 is 2.59 bits per heavy atom. The molecule has 1 atom stereocenters. The van der Waals surface area contributed by atoms with Gasteiger partial charge in [-0.25, -0.2) is 4.79 Å². The molecule has 0 N–H and O–H groups in total. The Morgan fingerprint density at radius 1 is 1.24 bits per heavy atom. The van der Waals surface area contributed by atoms with Crippen LogP contribution < -0.4 is 0 Å². The highest BCUT2D eigenvalue weighted by Crippen LogP contribution is 2.42. The van der Waals surface area contributed by atoms with E-state index in [1.807, 2.05) is 13.8 Å². The van der Waals surface area contributed by atoms with Gasteiger partial charge >= 0.3 is 6.16 Å². The van der Waals surface area contributed by atoms with E-state index in [2.05, 4.69) is 13.8 Å². The number of rotatable bonds is 8. The molecule has 0 aromatic heterocycles. The molecule has 29 heavy (non-hydrogen) atoms. The summed E-state index contributed by atoms with van der Waals surface area (Å²) in [6.45, 7) is 8.31. The molecule has 1 aliphatic carbocycles. The number of halogens is 2. The van der Waals surface area contributed by atoms with E-state index in [0.29, 0.717) is 52.3 Å². The molecule has 0 radical (unpaired) electrons. The first-order valence-corrected chi connectivity index (χ1v) is 11.0. The summed E-state index contributed by atoms with van der Waals surface area (Å²) in [6.07, 6.45) is 4.43. The Morgan fingerprint density at radius 2 is 1.97 bits per heavy atom. The van der Waals surface area contributed by atoms with E-state index in [1.165, 1.54) is 0 Å². The highest BCUT2D eigenvalue weighted by atomic mass is 35.5. The normalized spacial score (nSPS) is 17.2. The minimum Gasteiger partial charge on any atom is -0.434 e. The van der Waals surface area contributed by atoms with Crippen molar-refractivity contribution in [3.63, 3.8) is 0 Å². The SMILES string of the molecule is CCCCC(CC)COC(=O)OC1=C(c2ccc(Cl)cc2Cl)C(=O)C(C)(C)CC1. The molecule has 1 aliphatic rings. The average Bonchev–Trinajstić information content (AvgIpc) is 2.66. The van der Waals surface area contributed by atoms with E-state index in [9.17, 15) is 9.59 Å². The van der Waals surface area contributed by atoms with Gasteiger partial charge < -0.3 is 9.47 Å². The van der Waals surface area contributed by atoms with Crippen molar-refractivity contribution >= 4 is 40.7 Å². The van der Waals surface area contributed by atoms with Crippen LogP contribution in [-0.4, -0.2) is 18.5 Å². The Hall–Kier alpha value is -1.52. The fourth-order valence-electron chi connectivity index (χ4n) is 3.41. The van der Waals surface area contributed by atoms with E-state index >= 15 is 0 Å². The van der Waals surface area contributed by atoms with Gasteiger partial charge in [-0.05, 0) is 30.9 Å². The van der Waals surface area contributed by atoms with Gasteiger partial charge in [0.25, 0.3) is 0 Å². The molecular weight excluding hydrogens is 411 g/mol. The number of unbranched alkanes of at least 4 members (excludes halogenated alkanes) is 1. The minimum absolute atomic E-state index is 0.106. The summed E-state index contributed by atoms with van der Waals surface area (Å²) < 4.78 is 10.9. The first kappa shape index (κ1) is 23.8. The van der Waals surface area contributed by atoms with E-state index in [1.54, 1.807) is 18.2 Å². The average molecular weight is 441 g/mol. The second-order valence-corrected chi connectivity index (χ2v) is 9.06. The van der Waals surface area contributed by atoms with Crippen LogP contribution in [0.3, 0.4) is 0 Å². The van der Waals surface area contributed by atoms with Crippen LogP contribution in [0.4, 0.5) is 4.79 Å². The second-order valence-electron chi connectivity index (χ2n) is 8.21. The number of ether oxygens (including phenoxy) is 2. The summed E-state index contributed by atoms with van der Waals surface area (Å²) in [6, 6.07) is 4.93. The van der Waals surface area contributed by atoms with Crippen molar-refractivity contribution in [3.8, 4) is 0 Å². The molecule has 0 aliphatic heterocycles. The first-order valence-electron chi connectivity index (χ1n) is 10.3. The van der Waals surface area contributed by atoms with Gasteiger partial charge in [-0.3, -0.25) is 4.79 Å². The molecule has 0 heterocycles. The highest BCUT2D eigenvalue weighted by molar-refractivity contribution is 6.38. The van der Waals surface area contributed by atoms with Gasteiger partial charge in [-0.1, -0.05) is 76.2 Å². The van der Waals surface area contributed by atoms with Gasteiger partial charge in [-0.2, -0.15) is 0 Å². The quantitative estimate of drug-likeness (QED) is 0.393. The number of hydrogen-bond acceptors (Lipinski definition) is 4. The minimum atomic E-state index is -0.773. The number of carbonyl (C=O) groups excluding carboxylic acids is 2. The van der Waals surface area contributed by atoms with Gasteiger partial charge in [0.2, 0.25) is 0 Å². The predicted octanol–water partition coefficient (Wildman–Crippen LogP) is 7.46. The maximum Gasteiger partial charge on any atom is 0.513 e. The molecule has 1 aromatic carbocycles. The van der Waals surface area contributed by atoms with E-state index in [-0.39, 0.29) is 5.78 Å². The summed E-state index contributed by atoms with van der Waals surface area (Å²) in [5.74, 6) is 0.517. The zero-order chi connectivity index (χ0) is 21.6. The summed E-state index contributed by atoms with van der Waals surface area (Å²) in [5, 5.41) is 0.820. The lowest BCUT2D eigenvalue weighted by Gasteiger charge is -2.31. The zero-order valence-electron chi connectivity index (χ0n) is 17.6. The number of hydrogen-bond donors (Lipinski definition) is 0. The Balaban J connectivity index is 2.24. The Kier molecular flexibility index (Phi) is 8.59. The molecule has 0 spiro atoms. The van der Waals surface area contributed by atoms with E-state index < -0.39 is 11.6 Å². The number of allylic oxidation sites excluding steroid dienone is 2. The largest absolute Gasteiger partial charge is 0.513 e. The third-order valence-corrected chi connectivity index (χ3v) is 6.03. The molecule has 0 fully saturated rings. The molecule has 0 amide bonds. The van der Waals surface area contributed by atoms with Gasteiger partial charge in [0.15, 0.2) is 5.78 Å². The lowest BCUT2D eigenvalue weighted by atomic mass is 9.73. The molecule has 2 rings (SSSR count). The van der Waals surface area contributed by atoms with Gasteiger partial charge in [0.1, 0.15) is 5.76 Å². The standard InChI is InChI=1S/C23H30Cl2O4/c1-5-7-8-15(6-2)14-28-22(27)29-19-11-12-23(3,4)21(26)20(19)17-10-9-16(24)13-18(17)25/h9-10,13,15H,5-8,11-12,14H2,1-4H3. The second kappa shape index (κ2) is 10.5. The van der Waals surface area contributed by atoms with Crippen molar-refractivity contribution < 1.29 is 19.1 Å². The molecule has 1 unspecified atom stereocenters. The summed E-state index contributed by atoms with van der Waals surface area (Å²) >= 11 is 12.3. The molecule has 4 nitrogen and oxygen atoms in total. The van der Waals surface area contributed by atoms with Crippen molar-refractivity contribution in [2.75, 3.05) is 6.61 Å². The maximum absolute atomic E-state index is 13.1. The fourth-order valence-corrected chi connectivity index (χ4v) is 3.91. The Labute approximate surface area is 183 Å². The molecule has 1 aromatic rings. The fraction of sp³-hybridized carbons (Fsp3) is 0.565. The lowest BCUT2D eigenvalue weighted by Crippen LogP contribution is -2.31. The van der Waals surface area contributed by atoms with Crippen LogP contribution in [-0.2, 0) is 14.3 Å². The van der Waals surface area contributed by atoms with Crippen molar-refractivity contribution in [1.82, 2.24) is 0 Å². The topological polar surface area (TPSA) is 52.6 Å². The third-order valence-electron chi connectivity index (χ3n) is 5.48. The van der Waals surface area contributed by atoms with Crippen LogP contribution in [0.2, 0.25) is 10.0 Å². The highest BCUT2D eigenvalue weighted by Gasteiger charge is 2.39. The Bertz CT molecular complexity index is 783. The van der Waals surface area contributed by atoms with Gasteiger partial charge in [0.05, 0.1) is 17.2 Å². The van der Waals surface area contributed by atoms with Crippen LogP contribution in [0, 0.1) is 11.3 Å². The number of benzene rings is 1. The van der Waals surface area contributed by atoms with E-state index in [4.69, 9.17) is 32.7 Å². The van der Waals surface area contributed by atoms with Gasteiger partial charge in [-0.15, -0.1) is 0 Å². The molecule has 0 bridgehead atoms. The smallest absolute Gasteiger partial charge is 0.434 e. The van der Waals surface area contributed by atoms with Crippen molar-refractivity contribution in [3.05, 3.63) is 39.6 Å². The van der Waals surface area contributed by atoms with Crippen LogP contribution in [0.5, 0.6) is 0 Å². The zero-order valence-corrected chi connectivity index (χ0v) is 19.2. The number of carbonyl (C=O) groups is 2. The molecule has 0 saturated carbocycles. The van der Waals surface area contributed by atoms with Crippen molar-refractivity contribution in [2.45, 2.75) is 66.2 Å². The van der Waals surface area contributed by atoms with Gasteiger partial charge in [0, 0.05) is 22.4 Å². The summed E-state index contributed by atoms with van der Waals surface area (Å²) in [7, 11) is 0. The molecule has 6 heteroatoms. The van der Waals surface area contributed by atoms with Crippen LogP contribution in [0.25, 0.3) is 5.57 Å². The summed E-state index contributed by atoms with van der Waals surface area (Å²) in [5.41, 5.74) is 0.284. The monoisotopic (exact) mass is 440 g/mol. The molecular formula is C23H30Cl2O4. The maximum atomic E-state index is 13.1. The molecule has 0 saturated heterocycles. The summed E-state index contributed by atoms with van der Waals surface area (Å²) in [4.78, 5) is 25.5. The first-order chi connectivity index (χ1) is 13.7.